The van der Waals surface area contributed by atoms with Crippen LogP contribution < -0.4 is 0 Å². The highest BCUT2D eigenvalue weighted by Gasteiger charge is 2.74. The highest BCUT2D eigenvalue weighted by molar-refractivity contribution is 6.14. The van der Waals surface area contributed by atoms with Crippen LogP contribution in [0.1, 0.15) is 29.3 Å². The van der Waals surface area contributed by atoms with E-state index in [1.54, 1.807) is 6.92 Å². The summed E-state index contributed by atoms with van der Waals surface area (Å²) in [5.74, 6) is -1.18. The van der Waals surface area contributed by atoms with Gasteiger partial charge in [0.15, 0.2) is 5.60 Å². The summed E-state index contributed by atoms with van der Waals surface area (Å²) in [6, 6.07) is 4.47. The summed E-state index contributed by atoms with van der Waals surface area (Å²) in [4.78, 5) is 24.6. The Labute approximate surface area is 137 Å². The fourth-order valence-corrected chi connectivity index (χ4v) is 3.81. The van der Waals surface area contributed by atoms with Gasteiger partial charge in [-0.15, -0.1) is 0 Å². The number of ketones is 1. The Kier molecular flexibility index (Phi) is 3.04. The van der Waals surface area contributed by atoms with Gasteiger partial charge in [0.1, 0.15) is 17.6 Å². The van der Waals surface area contributed by atoms with Crippen LogP contribution in [0.25, 0.3) is 5.76 Å². The maximum absolute atomic E-state index is 13.0. The standard InChI is InChI=1S/C17H16O7/c1-7-13-14(20)12-8(4-3-5-9(12)18)15(21)17(13)16(24-17)10(23-7)6-11(19)22-2/h3-5,7,10,16,18,20H,6H2,1-2H3/t7-,10-,16-,17-/m0/s1. The molecule has 2 fully saturated rings. The van der Waals surface area contributed by atoms with Gasteiger partial charge in [-0.2, -0.15) is 0 Å². The number of epoxide rings is 1. The zero-order chi connectivity index (χ0) is 17.2. The van der Waals surface area contributed by atoms with Gasteiger partial charge in [0, 0.05) is 11.1 Å². The molecule has 0 aromatic heterocycles. The molecule has 126 valence electrons. The van der Waals surface area contributed by atoms with Crippen molar-refractivity contribution in [2.24, 2.45) is 0 Å². The molecule has 0 amide bonds. The molecular formula is C17H16O7. The second-order valence-corrected chi connectivity index (χ2v) is 6.16. The molecule has 3 aliphatic rings. The SMILES string of the molecule is COC(=O)C[C@@H]1O[C@@H](C)C2=C(O)c3c(O)cccc3C(=O)[C@@]23O[C@@H]13. The van der Waals surface area contributed by atoms with Gasteiger partial charge in [-0.1, -0.05) is 12.1 Å². The molecule has 7 heteroatoms. The van der Waals surface area contributed by atoms with E-state index >= 15 is 0 Å². The van der Waals surface area contributed by atoms with Gasteiger partial charge in [-0.05, 0) is 13.0 Å². The van der Waals surface area contributed by atoms with Crippen LogP contribution in [0, 0.1) is 0 Å². The van der Waals surface area contributed by atoms with E-state index in [1.807, 2.05) is 0 Å². The topological polar surface area (TPSA) is 106 Å². The first-order valence-electron chi connectivity index (χ1n) is 7.62. The summed E-state index contributed by atoms with van der Waals surface area (Å²) in [5.41, 5.74) is -0.724. The van der Waals surface area contributed by atoms with Crippen LogP contribution in [-0.2, 0) is 19.0 Å². The molecule has 0 radical (unpaired) electrons. The zero-order valence-electron chi connectivity index (χ0n) is 13.1. The molecule has 1 aromatic rings. The van der Waals surface area contributed by atoms with Crippen molar-refractivity contribution in [2.45, 2.75) is 37.3 Å². The van der Waals surface area contributed by atoms with Crippen molar-refractivity contribution in [2.75, 3.05) is 7.11 Å². The van der Waals surface area contributed by atoms with Gasteiger partial charge in [-0.25, -0.2) is 0 Å². The summed E-state index contributed by atoms with van der Waals surface area (Å²) in [6.45, 7) is 1.67. The maximum Gasteiger partial charge on any atom is 0.308 e. The van der Waals surface area contributed by atoms with E-state index in [1.165, 1.54) is 25.3 Å². The number of hydrogen-bond donors (Lipinski definition) is 2. The first-order chi connectivity index (χ1) is 11.4. The second kappa shape index (κ2) is 4.81. The Morgan fingerprint density at radius 3 is 2.83 bits per heavy atom. The van der Waals surface area contributed by atoms with Crippen LogP contribution >= 0.6 is 0 Å². The van der Waals surface area contributed by atoms with Crippen molar-refractivity contribution in [1.29, 1.82) is 0 Å². The number of fused-ring (bicyclic) bond motifs is 1. The van der Waals surface area contributed by atoms with E-state index in [0.29, 0.717) is 5.57 Å². The molecular weight excluding hydrogens is 316 g/mol. The van der Waals surface area contributed by atoms with E-state index in [-0.39, 0.29) is 34.8 Å². The predicted molar refractivity (Wildman–Crippen MR) is 80.6 cm³/mol. The number of aliphatic hydroxyl groups is 1. The summed E-state index contributed by atoms with van der Waals surface area (Å²) in [7, 11) is 1.28. The highest BCUT2D eigenvalue weighted by atomic mass is 16.7. The minimum atomic E-state index is -1.32. The molecule has 4 atom stereocenters. The summed E-state index contributed by atoms with van der Waals surface area (Å²) in [5, 5.41) is 20.7. The van der Waals surface area contributed by atoms with Gasteiger partial charge >= 0.3 is 5.97 Å². The van der Waals surface area contributed by atoms with Crippen LogP contribution in [0.15, 0.2) is 23.8 Å². The summed E-state index contributed by atoms with van der Waals surface area (Å²) in [6.07, 6.45) is -1.98. The van der Waals surface area contributed by atoms with E-state index in [0.717, 1.165) is 0 Å². The average Bonchev–Trinajstić information content (AvgIpc) is 3.28. The third-order valence-corrected chi connectivity index (χ3v) is 4.89. The molecule has 24 heavy (non-hydrogen) atoms. The maximum atomic E-state index is 13.0. The Hall–Kier alpha value is -2.38. The van der Waals surface area contributed by atoms with Crippen molar-refractivity contribution in [1.82, 2.24) is 0 Å². The normalized spacial score (nSPS) is 33.4. The van der Waals surface area contributed by atoms with Crippen LogP contribution in [-0.4, -0.2) is 53.0 Å². The Bertz CT molecular complexity index is 796. The number of aromatic hydroxyl groups is 1. The molecule has 2 heterocycles. The van der Waals surface area contributed by atoms with Crippen molar-refractivity contribution in [3.63, 3.8) is 0 Å². The Morgan fingerprint density at radius 2 is 2.12 bits per heavy atom. The van der Waals surface area contributed by atoms with Gasteiger partial charge in [-0.3, -0.25) is 9.59 Å². The van der Waals surface area contributed by atoms with E-state index in [4.69, 9.17) is 9.47 Å². The number of esters is 1. The lowest BCUT2D eigenvalue weighted by Crippen LogP contribution is -2.48. The molecule has 2 saturated heterocycles. The number of Topliss-reactive ketones (excluding diaryl/α,β-unsaturated/α-hetero) is 1. The lowest BCUT2D eigenvalue weighted by atomic mass is 9.74. The van der Waals surface area contributed by atoms with E-state index in [2.05, 4.69) is 4.74 Å². The molecule has 2 aliphatic heterocycles. The van der Waals surface area contributed by atoms with E-state index < -0.39 is 29.9 Å². The van der Waals surface area contributed by atoms with Gasteiger partial charge < -0.3 is 24.4 Å². The second-order valence-electron chi connectivity index (χ2n) is 6.16. The monoisotopic (exact) mass is 332 g/mol. The number of aliphatic hydroxyl groups excluding tert-OH is 1. The van der Waals surface area contributed by atoms with Gasteiger partial charge in [0.2, 0.25) is 5.78 Å². The van der Waals surface area contributed by atoms with Crippen LogP contribution in [0.2, 0.25) is 0 Å². The van der Waals surface area contributed by atoms with Crippen LogP contribution in [0.5, 0.6) is 5.75 Å². The largest absolute Gasteiger partial charge is 0.507 e. The van der Waals surface area contributed by atoms with Crippen molar-refractivity contribution < 1.29 is 34.0 Å². The predicted octanol–water partition coefficient (Wildman–Crippen LogP) is 1.35. The fourth-order valence-electron chi connectivity index (χ4n) is 3.81. The minimum absolute atomic E-state index is 0.0402. The molecule has 0 unspecified atom stereocenters. The fraction of sp³-hybridized carbons (Fsp3) is 0.412. The number of ether oxygens (including phenoxy) is 3. The molecule has 2 N–H and O–H groups in total. The number of hydrogen-bond acceptors (Lipinski definition) is 7. The average molecular weight is 332 g/mol. The number of carbonyl (C=O) groups is 2. The molecule has 1 aliphatic carbocycles. The third kappa shape index (κ3) is 1.73. The lowest BCUT2D eigenvalue weighted by molar-refractivity contribution is -0.145. The van der Waals surface area contributed by atoms with E-state index in [9.17, 15) is 19.8 Å². The third-order valence-electron chi connectivity index (χ3n) is 4.89. The highest BCUT2D eigenvalue weighted by Crippen LogP contribution is 2.58. The summed E-state index contributed by atoms with van der Waals surface area (Å²) >= 11 is 0. The molecule has 1 spiro atoms. The number of rotatable bonds is 2. The van der Waals surface area contributed by atoms with Crippen LogP contribution in [0.3, 0.4) is 0 Å². The lowest BCUT2D eigenvalue weighted by Gasteiger charge is -2.35. The number of phenols is 1. The molecule has 0 saturated carbocycles. The van der Waals surface area contributed by atoms with Gasteiger partial charge in [0.25, 0.3) is 0 Å². The first kappa shape index (κ1) is 15.2. The first-order valence-corrected chi connectivity index (χ1v) is 7.62. The number of benzene rings is 1. The van der Waals surface area contributed by atoms with Crippen molar-refractivity contribution in [3.05, 3.63) is 34.9 Å². The van der Waals surface area contributed by atoms with Crippen molar-refractivity contribution in [3.8, 4) is 5.75 Å². The zero-order valence-corrected chi connectivity index (χ0v) is 13.1. The minimum Gasteiger partial charge on any atom is -0.507 e. The van der Waals surface area contributed by atoms with Crippen LogP contribution in [0.4, 0.5) is 0 Å². The molecule has 7 nitrogen and oxygen atoms in total. The Balaban J connectivity index is 1.82. The number of phenolic OH excluding ortho intramolecular Hbond substituents is 1. The smallest absolute Gasteiger partial charge is 0.308 e. The number of methoxy groups -OCH3 is 1. The van der Waals surface area contributed by atoms with Crippen molar-refractivity contribution >= 4 is 17.5 Å². The Morgan fingerprint density at radius 1 is 1.38 bits per heavy atom. The van der Waals surface area contributed by atoms with Gasteiger partial charge in [0.05, 0.1) is 31.3 Å². The quantitative estimate of drug-likeness (QED) is 0.622. The molecule has 4 rings (SSSR count). The summed E-state index contributed by atoms with van der Waals surface area (Å²) < 4.78 is 16.1. The molecule has 1 aromatic carbocycles. The molecule has 0 bridgehead atoms. The number of carbonyl (C=O) groups excluding carboxylic acids is 2.